The first-order chi connectivity index (χ1) is 11.2. The Morgan fingerprint density at radius 2 is 1.33 bits per heavy atom. The first-order valence-corrected chi connectivity index (χ1v) is 7.56. The van der Waals surface area contributed by atoms with Crippen molar-refractivity contribution >= 4 is 18.1 Å². The van der Waals surface area contributed by atoms with Gasteiger partial charge >= 0.3 is 18.1 Å². The summed E-state index contributed by atoms with van der Waals surface area (Å²) < 4.78 is 19.9. The Kier molecular flexibility index (Phi) is 6.76. The Balaban J connectivity index is 3.11. The van der Waals surface area contributed by atoms with Crippen LogP contribution in [0.1, 0.15) is 55.3 Å². The topological polar surface area (TPSA) is 88.1 Å². The normalized spacial score (nSPS) is 10.7. The van der Waals surface area contributed by atoms with E-state index in [1.165, 1.54) is 18.2 Å². The summed E-state index contributed by atoms with van der Waals surface area (Å²) in [5.41, 5.74) is -0.596. The van der Waals surface area contributed by atoms with E-state index in [1.807, 2.05) is 0 Å². The third kappa shape index (κ3) is 6.28. The van der Waals surface area contributed by atoms with Gasteiger partial charge < -0.3 is 18.9 Å². The summed E-state index contributed by atoms with van der Waals surface area (Å²) in [6, 6.07) is 3.91. The maximum Gasteiger partial charge on any atom is 0.514 e. The summed E-state index contributed by atoms with van der Waals surface area (Å²) >= 11 is 0. The molecule has 0 bridgehead atoms. The van der Waals surface area contributed by atoms with Crippen molar-refractivity contribution in [1.29, 1.82) is 0 Å². The van der Waals surface area contributed by atoms with Crippen LogP contribution in [0.25, 0.3) is 0 Å². The lowest BCUT2D eigenvalue weighted by Gasteiger charge is -2.19. The van der Waals surface area contributed by atoms with Crippen LogP contribution in [0.3, 0.4) is 0 Å². The van der Waals surface area contributed by atoms with Crippen LogP contribution in [0.5, 0.6) is 5.75 Å². The molecular weight excluding hydrogens is 316 g/mol. The van der Waals surface area contributed by atoms with Crippen molar-refractivity contribution in [3.8, 4) is 5.75 Å². The lowest BCUT2D eigenvalue weighted by molar-refractivity contribution is 0.0203. The molecule has 0 aromatic heterocycles. The maximum atomic E-state index is 11.9. The number of carbonyl (C=O) groups excluding carboxylic acids is 3. The molecule has 24 heavy (non-hydrogen) atoms. The van der Waals surface area contributed by atoms with Gasteiger partial charge in [-0.05, 0) is 52.8 Å². The highest BCUT2D eigenvalue weighted by Gasteiger charge is 2.20. The molecule has 0 radical (unpaired) electrons. The van der Waals surface area contributed by atoms with Crippen LogP contribution in [0.2, 0.25) is 0 Å². The van der Waals surface area contributed by atoms with E-state index in [2.05, 4.69) is 0 Å². The van der Waals surface area contributed by atoms with Crippen LogP contribution in [0, 0.1) is 0 Å². The van der Waals surface area contributed by atoms with Crippen LogP contribution in [0.4, 0.5) is 4.79 Å². The average molecular weight is 338 g/mol. The van der Waals surface area contributed by atoms with Crippen molar-refractivity contribution in [1.82, 2.24) is 0 Å². The standard InChI is InChI=1S/C17H22O7/c1-6-21-14(18)11-8-12(15(19)22-7-2)10-13(9-11)23-16(20)24-17(3,4)5/h8-10H,6-7H2,1-5H3. The molecule has 0 aliphatic carbocycles. The van der Waals surface area contributed by atoms with Crippen LogP contribution >= 0.6 is 0 Å². The van der Waals surface area contributed by atoms with E-state index >= 15 is 0 Å². The van der Waals surface area contributed by atoms with Gasteiger partial charge in [0, 0.05) is 0 Å². The molecule has 7 heteroatoms. The lowest BCUT2D eigenvalue weighted by Crippen LogP contribution is -2.26. The molecule has 0 saturated carbocycles. The van der Waals surface area contributed by atoms with Gasteiger partial charge in [0.05, 0.1) is 24.3 Å². The van der Waals surface area contributed by atoms with E-state index in [1.54, 1.807) is 34.6 Å². The highest BCUT2D eigenvalue weighted by molar-refractivity contribution is 5.96. The molecular formula is C17H22O7. The first-order valence-electron chi connectivity index (χ1n) is 7.56. The van der Waals surface area contributed by atoms with E-state index in [-0.39, 0.29) is 30.1 Å². The highest BCUT2D eigenvalue weighted by Crippen LogP contribution is 2.21. The van der Waals surface area contributed by atoms with Gasteiger partial charge in [0.15, 0.2) is 0 Å². The minimum Gasteiger partial charge on any atom is -0.462 e. The molecule has 7 nitrogen and oxygen atoms in total. The summed E-state index contributed by atoms with van der Waals surface area (Å²) in [6.07, 6.45) is -0.946. The highest BCUT2D eigenvalue weighted by atomic mass is 16.7. The van der Waals surface area contributed by atoms with Crippen molar-refractivity contribution in [3.63, 3.8) is 0 Å². The van der Waals surface area contributed by atoms with Crippen molar-refractivity contribution < 1.29 is 33.3 Å². The largest absolute Gasteiger partial charge is 0.514 e. The van der Waals surface area contributed by atoms with Crippen molar-refractivity contribution in [2.45, 2.75) is 40.2 Å². The second-order valence-electron chi connectivity index (χ2n) is 5.75. The molecule has 0 amide bonds. The molecule has 0 spiro atoms. The molecule has 1 aromatic rings. The average Bonchev–Trinajstić information content (AvgIpc) is 2.45. The van der Waals surface area contributed by atoms with Crippen LogP contribution in [0.15, 0.2) is 18.2 Å². The monoisotopic (exact) mass is 338 g/mol. The molecule has 0 atom stereocenters. The van der Waals surface area contributed by atoms with E-state index in [0.29, 0.717) is 0 Å². The fraction of sp³-hybridized carbons (Fsp3) is 0.471. The zero-order chi connectivity index (χ0) is 18.3. The predicted octanol–water partition coefficient (Wildman–Crippen LogP) is 3.35. The minimum atomic E-state index is -0.946. The Morgan fingerprint density at radius 1 is 0.875 bits per heavy atom. The number of benzene rings is 1. The fourth-order valence-electron chi connectivity index (χ4n) is 1.69. The van der Waals surface area contributed by atoms with Crippen molar-refractivity contribution in [3.05, 3.63) is 29.3 Å². The Hall–Kier alpha value is -2.57. The van der Waals surface area contributed by atoms with E-state index in [4.69, 9.17) is 18.9 Å². The summed E-state index contributed by atoms with van der Waals surface area (Å²) in [5, 5.41) is 0. The number of rotatable bonds is 5. The second-order valence-corrected chi connectivity index (χ2v) is 5.75. The third-order valence-electron chi connectivity index (χ3n) is 2.52. The zero-order valence-corrected chi connectivity index (χ0v) is 14.5. The Bertz CT molecular complexity index is 578. The molecule has 0 aliphatic rings. The smallest absolute Gasteiger partial charge is 0.462 e. The van der Waals surface area contributed by atoms with Crippen LogP contribution in [-0.4, -0.2) is 36.9 Å². The summed E-state index contributed by atoms with van der Waals surface area (Å²) in [7, 11) is 0. The molecule has 0 heterocycles. The predicted molar refractivity (Wildman–Crippen MR) is 85.2 cm³/mol. The first kappa shape index (κ1) is 19.5. The van der Waals surface area contributed by atoms with E-state index < -0.39 is 23.7 Å². The molecule has 0 unspecified atom stereocenters. The van der Waals surface area contributed by atoms with Gasteiger partial charge in [-0.25, -0.2) is 14.4 Å². The minimum absolute atomic E-state index is 0.0159. The number of carbonyl (C=O) groups is 3. The summed E-state index contributed by atoms with van der Waals surface area (Å²) in [6.45, 7) is 8.72. The van der Waals surface area contributed by atoms with E-state index in [9.17, 15) is 14.4 Å². The molecule has 1 aromatic carbocycles. The number of ether oxygens (including phenoxy) is 4. The molecule has 0 saturated heterocycles. The van der Waals surface area contributed by atoms with Gasteiger partial charge in [-0.1, -0.05) is 0 Å². The molecule has 0 N–H and O–H groups in total. The quantitative estimate of drug-likeness (QED) is 0.462. The number of hydrogen-bond acceptors (Lipinski definition) is 7. The van der Waals surface area contributed by atoms with Gasteiger partial charge in [0.1, 0.15) is 11.4 Å². The Labute approximate surface area is 140 Å². The zero-order valence-electron chi connectivity index (χ0n) is 14.5. The SMILES string of the molecule is CCOC(=O)c1cc(OC(=O)OC(C)(C)C)cc(C(=O)OCC)c1. The molecule has 0 fully saturated rings. The van der Waals surface area contributed by atoms with Crippen LogP contribution in [-0.2, 0) is 14.2 Å². The molecule has 1 rings (SSSR count). The number of hydrogen-bond donors (Lipinski definition) is 0. The van der Waals surface area contributed by atoms with Gasteiger partial charge in [0.2, 0.25) is 0 Å². The summed E-state index contributed by atoms with van der Waals surface area (Å²) in [4.78, 5) is 35.6. The van der Waals surface area contributed by atoms with Gasteiger partial charge in [-0.2, -0.15) is 0 Å². The summed E-state index contributed by atoms with van der Waals surface area (Å²) in [5.74, 6) is -1.30. The second kappa shape index (κ2) is 8.33. The Morgan fingerprint density at radius 3 is 1.71 bits per heavy atom. The fourth-order valence-corrected chi connectivity index (χ4v) is 1.69. The van der Waals surface area contributed by atoms with Gasteiger partial charge in [-0.3, -0.25) is 0 Å². The number of esters is 2. The van der Waals surface area contributed by atoms with E-state index in [0.717, 1.165) is 0 Å². The van der Waals surface area contributed by atoms with Crippen molar-refractivity contribution in [2.75, 3.05) is 13.2 Å². The van der Waals surface area contributed by atoms with Crippen LogP contribution < -0.4 is 4.74 Å². The third-order valence-corrected chi connectivity index (χ3v) is 2.52. The van der Waals surface area contributed by atoms with Crippen molar-refractivity contribution in [2.24, 2.45) is 0 Å². The van der Waals surface area contributed by atoms with Gasteiger partial charge in [-0.15, -0.1) is 0 Å². The molecule has 132 valence electrons. The lowest BCUT2D eigenvalue weighted by atomic mass is 10.1. The maximum absolute atomic E-state index is 11.9. The molecule has 0 aliphatic heterocycles. The van der Waals surface area contributed by atoms with Gasteiger partial charge in [0.25, 0.3) is 0 Å².